The lowest BCUT2D eigenvalue weighted by molar-refractivity contribution is -0.129. The summed E-state index contributed by atoms with van der Waals surface area (Å²) in [5.74, 6) is -0.257. The highest BCUT2D eigenvalue weighted by molar-refractivity contribution is 9.10. The molecule has 2 amide bonds. The summed E-state index contributed by atoms with van der Waals surface area (Å²) >= 11 is 9.20. The maximum absolute atomic E-state index is 12.1. The highest BCUT2D eigenvalue weighted by atomic mass is 79.9. The fraction of sp³-hybridized carbons (Fsp3) is 0.222. The molecule has 124 valence electrons. The molecule has 2 atom stereocenters. The summed E-state index contributed by atoms with van der Waals surface area (Å²) in [6.07, 6.45) is 0.999. The molecule has 2 aromatic rings. The van der Waals surface area contributed by atoms with E-state index in [0.717, 1.165) is 22.0 Å². The van der Waals surface area contributed by atoms with Crippen LogP contribution in [0, 0.1) is 5.92 Å². The predicted molar refractivity (Wildman–Crippen MR) is 96.4 cm³/mol. The molecule has 0 aromatic heterocycles. The Kier molecular flexibility index (Phi) is 5.21. The zero-order valence-electron chi connectivity index (χ0n) is 12.8. The first kappa shape index (κ1) is 17.0. The van der Waals surface area contributed by atoms with Crippen LogP contribution in [0.2, 0.25) is 5.02 Å². The van der Waals surface area contributed by atoms with Crippen molar-refractivity contribution >= 4 is 39.3 Å². The topological polar surface area (TPSA) is 58.2 Å². The molecule has 0 spiro atoms. The zero-order valence-corrected chi connectivity index (χ0v) is 15.1. The van der Waals surface area contributed by atoms with Gasteiger partial charge in [-0.2, -0.15) is 0 Å². The minimum atomic E-state index is -0.258. The minimum absolute atomic E-state index is 0.0815. The van der Waals surface area contributed by atoms with Crippen molar-refractivity contribution in [2.24, 2.45) is 5.92 Å². The van der Waals surface area contributed by atoms with Gasteiger partial charge in [-0.05, 0) is 47.7 Å². The Labute approximate surface area is 153 Å². The van der Waals surface area contributed by atoms with Gasteiger partial charge in [0.25, 0.3) is 0 Å². The number of nitrogens with one attached hydrogen (secondary N) is 2. The highest BCUT2D eigenvalue weighted by Crippen LogP contribution is 2.47. The van der Waals surface area contributed by atoms with E-state index in [2.05, 4.69) is 26.8 Å². The van der Waals surface area contributed by atoms with Crippen molar-refractivity contribution in [3.8, 4) is 0 Å². The molecule has 24 heavy (non-hydrogen) atoms. The van der Waals surface area contributed by atoms with Gasteiger partial charge in [-0.25, -0.2) is 0 Å². The number of benzene rings is 2. The normalized spacial score (nSPS) is 18.8. The number of carbonyl (C=O) groups excluding carboxylic acids is 2. The Morgan fingerprint density at radius 1 is 1.04 bits per heavy atom. The molecule has 3 rings (SSSR count). The summed E-state index contributed by atoms with van der Waals surface area (Å²) in [5, 5.41) is 0.625. The fourth-order valence-corrected chi connectivity index (χ4v) is 3.01. The van der Waals surface area contributed by atoms with Gasteiger partial charge in [0, 0.05) is 15.4 Å². The van der Waals surface area contributed by atoms with Crippen LogP contribution in [0.3, 0.4) is 0 Å². The van der Waals surface area contributed by atoms with Crippen LogP contribution < -0.4 is 10.9 Å². The molecule has 0 aliphatic heterocycles. The van der Waals surface area contributed by atoms with Crippen molar-refractivity contribution in [1.29, 1.82) is 0 Å². The standard InChI is InChI=1S/C18H16BrClN2O2/c19-13-5-3-12(4-6-13)15-10-16(15)18(24)22-21-17(23)9-11-1-7-14(20)8-2-11/h1-8,15-16H,9-10H2,(H,21,23)(H,22,24). The Balaban J connectivity index is 1.45. The summed E-state index contributed by atoms with van der Waals surface area (Å²) in [5.41, 5.74) is 6.96. The van der Waals surface area contributed by atoms with Crippen LogP contribution in [-0.4, -0.2) is 11.8 Å². The van der Waals surface area contributed by atoms with E-state index >= 15 is 0 Å². The predicted octanol–water partition coefficient (Wildman–Crippen LogP) is 3.60. The molecular formula is C18H16BrClN2O2. The highest BCUT2D eigenvalue weighted by Gasteiger charge is 2.44. The second-order valence-corrected chi connectivity index (χ2v) is 7.19. The summed E-state index contributed by atoms with van der Waals surface area (Å²) in [4.78, 5) is 24.0. The van der Waals surface area contributed by atoms with Gasteiger partial charge < -0.3 is 0 Å². The maximum Gasteiger partial charge on any atom is 0.242 e. The molecule has 2 aromatic carbocycles. The Morgan fingerprint density at radius 3 is 2.38 bits per heavy atom. The summed E-state index contributed by atoms with van der Waals surface area (Å²) in [6, 6.07) is 15.0. The number of rotatable bonds is 4. The lowest BCUT2D eigenvalue weighted by atomic mass is 10.1. The zero-order chi connectivity index (χ0) is 17.1. The lowest BCUT2D eigenvalue weighted by Gasteiger charge is -2.07. The van der Waals surface area contributed by atoms with E-state index in [1.54, 1.807) is 24.3 Å². The summed E-state index contributed by atoms with van der Waals surface area (Å²) in [7, 11) is 0. The van der Waals surface area contributed by atoms with Gasteiger partial charge in [0.15, 0.2) is 0 Å². The first-order chi connectivity index (χ1) is 11.5. The fourth-order valence-electron chi connectivity index (χ4n) is 2.62. The first-order valence-electron chi connectivity index (χ1n) is 7.61. The average Bonchev–Trinajstić information content (AvgIpc) is 3.36. The van der Waals surface area contributed by atoms with Gasteiger partial charge in [0.2, 0.25) is 11.8 Å². The third-order valence-electron chi connectivity index (χ3n) is 4.03. The van der Waals surface area contributed by atoms with Crippen LogP contribution in [0.25, 0.3) is 0 Å². The molecule has 2 N–H and O–H groups in total. The minimum Gasteiger partial charge on any atom is -0.273 e. The molecule has 0 radical (unpaired) electrons. The number of amides is 2. The van der Waals surface area contributed by atoms with Crippen molar-refractivity contribution in [2.75, 3.05) is 0 Å². The Hall–Kier alpha value is -1.85. The van der Waals surface area contributed by atoms with Crippen molar-refractivity contribution in [2.45, 2.75) is 18.8 Å². The molecule has 1 saturated carbocycles. The van der Waals surface area contributed by atoms with Crippen LogP contribution in [0.15, 0.2) is 53.0 Å². The lowest BCUT2D eigenvalue weighted by Crippen LogP contribution is -2.43. The molecule has 6 heteroatoms. The van der Waals surface area contributed by atoms with Crippen molar-refractivity contribution in [3.05, 3.63) is 69.2 Å². The van der Waals surface area contributed by atoms with E-state index in [-0.39, 0.29) is 30.1 Å². The van der Waals surface area contributed by atoms with E-state index < -0.39 is 0 Å². The number of hydrogen-bond donors (Lipinski definition) is 2. The van der Waals surface area contributed by atoms with Gasteiger partial charge in [-0.15, -0.1) is 0 Å². The number of carbonyl (C=O) groups is 2. The molecule has 1 aliphatic rings. The number of hydrazine groups is 1. The van der Waals surface area contributed by atoms with Crippen LogP contribution in [0.5, 0.6) is 0 Å². The average molecular weight is 408 g/mol. The van der Waals surface area contributed by atoms with Crippen molar-refractivity contribution in [1.82, 2.24) is 10.9 Å². The molecular weight excluding hydrogens is 392 g/mol. The molecule has 4 nitrogen and oxygen atoms in total. The van der Waals surface area contributed by atoms with Crippen LogP contribution in [0.4, 0.5) is 0 Å². The van der Waals surface area contributed by atoms with Crippen molar-refractivity contribution < 1.29 is 9.59 Å². The monoisotopic (exact) mass is 406 g/mol. The molecule has 0 saturated heterocycles. The first-order valence-corrected chi connectivity index (χ1v) is 8.78. The van der Waals surface area contributed by atoms with E-state index in [1.165, 1.54) is 0 Å². The second-order valence-electron chi connectivity index (χ2n) is 5.84. The van der Waals surface area contributed by atoms with Gasteiger partial charge in [0.05, 0.1) is 6.42 Å². The van der Waals surface area contributed by atoms with Crippen molar-refractivity contribution in [3.63, 3.8) is 0 Å². The van der Waals surface area contributed by atoms with Crippen LogP contribution >= 0.6 is 27.5 Å². The van der Waals surface area contributed by atoms with E-state index in [1.807, 2.05) is 24.3 Å². The maximum atomic E-state index is 12.1. The number of halogens is 2. The van der Waals surface area contributed by atoms with Gasteiger partial charge in [-0.1, -0.05) is 51.8 Å². The molecule has 0 bridgehead atoms. The van der Waals surface area contributed by atoms with E-state index in [9.17, 15) is 9.59 Å². The second kappa shape index (κ2) is 7.36. The summed E-state index contributed by atoms with van der Waals surface area (Å²) in [6.45, 7) is 0. The third-order valence-corrected chi connectivity index (χ3v) is 4.81. The SMILES string of the molecule is O=C(Cc1ccc(Cl)cc1)NNC(=O)C1CC1c1ccc(Br)cc1. The van der Waals surface area contributed by atoms with Gasteiger partial charge in [-0.3, -0.25) is 20.4 Å². The molecule has 0 heterocycles. The molecule has 1 aliphatic carbocycles. The van der Waals surface area contributed by atoms with E-state index in [0.29, 0.717) is 5.02 Å². The van der Waals surface area contributed by atoms with Gasteiger partial charge >= 0.3 is 0 Å². The van der Waals surface area contributed by atoms with E-state index in [4.69, 9.17) is 11.6 Å². The largest absolute Gasteiger partial charge is 0.273 e. The van der Waals surface area contributed by atoms with Crippen LogP contribution in [0.1, 0.15) is 23.5 Å². The number of hydrogen-bond acceptors (Lipinski definition) is 2. The Morgan fingerprint density at radius 2 is 1.71 bits per heavy atom. The Bertz CT molecular complexity index is 747. The van der Waals surface area contributed by atoms with Gasteiger partial charge in [0.1, 0.15) is 0 Å². The molecule has 1 fully saturated rings. The van der Waals surface area contributed by atoms with Crippen LogP contribution in [-0.2, 0) is 16.0 Å². The quantitative estimate of drug-likeness (QED) is 0.761. The smallest absolute Gasteiger partial charge is 0.242 e. The summed E-state index contributed by atoms with van der Waals surface area (Å²) < 4.78 is 1.02. The molecule has 2 unspecified atom stereocenters. The third kappa shape index (κ3) is 4.36.